The maximum absolute atomic E-state index is 11.9. The molecule has 1 amide bonds. The Morgan fingerprint density at radius 1 is 1.36 bits per heavy atom. The highest BCUT2D eigenvalue weighted by molar-refractivity contribution is 7.11. The van der Waals surface area contributed by atoms with E-state index in [2.05, 4.69) is 25.9 Å². The summed E-state index contributed by atoms with van der Waals surface area (Å²) in [5, 5.41) is 9.21. The van der Waals surface area contributed by atoms with Crippen molar-refractivity contribution in [2.24, 2.45) is 4.99 Å². The van der Waals surface area contributed by atoms with Crippen LogP contribution in [0.2, 0.25) is 0 Å². The predicted octanol–water partition coefficient (Wildman–Crippen LogP) is 0.773. The van der Waals surface area contributed by atoms with E-state index < -0.39 is 0 Å². The Balaban J connectivity index is 2.27. The van der Waals surface area contributed by atoms with Crippen LogP contribution >= 0.6 is 11.3 Å². The number of nitrogens with one attached hydrogen (secondary N) is 3. The van der Waals surface area contributed by atoms with E-state index in [9.17, 15) is 4.79 Å². The Hall–Kier alpha value is -1.67. The molecule has 0 fully saturated rings. The number of rotatable bonds is 9. The third-order valence-electron chi connectivity index (χ3n) is 2.78. The maximum Gasteiger partial charge on any atom is 0.263 e. The van der Waals surface area contributed by atoms with Gasteiger partial charge in [-0.3, -0.25) is 9.79 Å². The second kappa shape index (κ2) is 11.0. The lowest BCUT2D eigenvalue weighted by Gasteiger charge is -2.11. The van der Waals surface area contributed by atoms with Crippen molar-refractivity contribution in [3.05, 3.63) is 16.1 Å². The van der Waals surface area contributed by atoms with Crippen molar-refractivity contribution in [1.82, 2.24) is 20.9 Å². The van der Waals surface area contributed by atoms with Crippen LogP contribution in [0.1, 0.15) is 28.7 Å². The summed E-state index contributed by atoms with van der Waals surface area (Å²) in [5.74, 6) is 0.672. The highest BCUT2D eigenvalue weighted by atomic mass is 32.1. The number of nitrogens with zero attached hydrogens (tertiary/aromatic N) is 2. The van der Waals surface area contributed by atoms with Crippen LogP contribution in [0.15, 0.2) is 10.5 Å². The normalized spacial score (nSPS) is 11.3. The number of aryl methyl sites for hydroxylation is 1. The maximum atomic E-state index is 11.9. The van der Waals surface area contributed by atoms with Gasteiger partial charge >= 0.3 is 0 Å². The molecular formula is C14H25N5O2S. The predicted molar refractivity (Wildman–Crippen MR) is 89.7 cm³/mol. The van der Waals surface area contributed by atoms with Gasteiger partial charge in [0.15, 0.2) is 5.96 Å². The Morgan fingerprint density at radius 2 is 2.14 bits per heavy atom. The van der Waals surface area contributed by atoms with Crippen LogP contribution in [0.5, 0.6) is 0 Å². The smallest absolute Gasteiger partial charge is 0.263 e. The minimum Gasteiger partial charge on any atom is -0.385 e. The molecule has 0 aliphatic carbocycles. The number of carbonyl (C=O) groups excluding carboxylic acids is 1. The molecule has 0 unspecified atom stereocenters. The van der Waals surface area contributed by atoms with Crippen LogP contribution in [0.3, 0.4) is 0 Å². The summed E-state index contributed by atoms with van der Waals surface area (Å²) >= 11 is 1.35. The van der Waals surface area contributed by atoms with Crippen LogP contribution in [0.25, 0.3) is 0 Å². The first-order chi connectivity index (χ1) is 10.7. The molecule has 8 heteroatoms. The number of hydrogen-bond acceptors (Lipinski definition) is 5. The van der Waals surface area contributed by atoms with Crippen molar-refractivity contribution < 1.29 is 9.53 Å². The zero-order valence-corrected chi connectivity index (χ0v) is 14.3. The molecular weight excluding hydrogens is 302 g/mol. The van der Waals surface area contributed by atoms with Crippen LogP contribution in [-0.4, -0.2) is 56.7 Å². The van der Waals surface area contributed by atoms with Gasteiger partial charge in [0.1, 0.15) is 4.88 Å². The van der Waals surface area contributed by atoms with Gasteiger partial charge in [-0.2, -0.15) is 0 Å². The van der Waals surface area contributed by atoms with Gasteiger partial charge in [0, 0.05) is 39.9 Å². The summed E-state index contributed by atoms with van der Waals surface area (Å²) in [6.07, 6.45) is 0.883. The van der Waals surface area contributed by atoms with Crippen LogP contribution < -0.4 is 16.0 Å². The quantitative estimate of drug-likeness (QED) is 0.354. The number of thiazole rings is 1. The Kier molecular flexibility index (Phi) is 9.17. The molecule has 124 valence electrons. The molecule has 1 rings (SSSR count). The molecule has 0 spiro atoms. The number of hydrogen-bond donors (Lipinski definition) is 3. The minimum absolute atomic E-state index is 0.0798. The van der Waals surface area contributed by atoms with Crippen LogP contribution in [0, 0.1) is 6.92 Å². The van der Waals surface area contributed by atoms with Crippen molar-refractivity contribution in [3.63, 3.8) is 0 Å². The number of guanidine groups is 1. The number of aliphatic imine (C=N–C) groups is 1. The molecule has 0 aromatic carbocycles. The SMILES string of the molecule is CCNC(=NCCCOC)NCCNC(=O)c1scnc1C. The van der Waals surface area contributed by atoms with Gasteiger partial charge in [-0.25, -0.2) is 4.98 Å². The van der Waals surface area contributed by atoms with Crippen molar-refractivity contribution in [3.8, 4) is 0 Å². The Morgan fingerprint density at radius 3 is 2.77 bits per heavy atom. The molecule has 22 heavy (non-hydrogen) atoms. The molecule has 1 aromatic rings. The zero-order valence-electron chi connectivity index (χ0n) is 13.4. The summed E-state index contributed by atoms with van der Waals surface area (Å²) in [6.45, 7) is 7.18. The zero-order chi connectivity index (χ0) is 16.2. The molecule has 0 aliphatic heterocycles. The van der Waals surface area contributed by atoms with Gasteiger partial charge < -0.3 is 20.7 Å². The van der Waals surface area contributed by atoms with Crippen LogP contribution in [-0.2, 0) is 4.74 Å². The van der Waals surface area contributed by atoms with Gasteiger partial charge in [-0.1, -0.05) is 0 Å². The van der Waals surface area contributed by atoms with E-state index in [4.69, 9.17) is 4.74 Å². The Labute approximate surface area is 135 Å². The lowest BCUT2D eigenvalue weighted by atomic mass is 10.4. The van der Waals surface area contributed by atoms with E-state index in [0.717, 1.165) is 24.6 Å². The molecule has 0 atom stereocenters. The van der Waals surface area contributed by atoms with Crippen molar-refractivity contribution in [2.75, 3.05) is 39.9 Å². The fourth-order valence-electron chi connectivity index (χ4n) is 1.70. The van der Waals surface area contributed by atoms with Gasteiger partial charge in [-0.05, 0) is 20.3 Å². The lowest BCUT2D eigenvalue weighted by molar-refractivity contribution is 0.0957. The number of aromatic nitrogens is 1. The van der Waals surface area contributed by atoms with Crippen LogP contribution in [0.4, 0.5) is 0 Å². The third-order valence-corrected chi connectivity index (χ3v) is 3.70. The topological polar surface area (TPSA) is 87.6 Å². The summed E-state index contributed by atoms with van der Waals surface area (Å²) < 4.78 is 4.99. The van der Waals surface area contributed by atoms with Crippen molar-refractivity contribution in [2.45, 2.75) is 20.3 Å². The number of amides is 1. The monoisotopic (exact) mass is 327 g/mol. The van der Waals surface area contributed by atoms with E-state index in [-0.39, 0.29) is 5.91 Å². The van der Waals surface area contributed by atoms with E-state index in [1.165, 1.54) is 11.3 Å². The van der Waals surface area contributed by atoms with Gasteiger partial charge in [0.2, 0.25) is 0 Å². The van der Waals surface area contributed by atoms with Crippen molar-refractivity contribution in [1.29, 1.82) is 0 Å². The molecule has 0 radical (unpaired) electrons. The Bertz CT molecular complexity index is 476. The summed E-state index contributed by atoms with van der Waals surface area (Å²) in [4.78, 5) is 21.1. The first-order valence-electron chi connectivity index (χ1n) is 7.38. The average molecular weight is 327 g/mol. The first kappa shape index (κ1) is 18.4. The summed E-state index contributed by atoms with van der Waals surface area (Å²) in [6, 6.07) is 0. The number of methoxy groups -OCH3 is 1. The third kappa shape index (κ3) is 6.86. The van der Waals surface area contributed by atoms with Crippen molar-refractivity contribution >= 4 is 23.2 Å². The van der Waals surface area contributed by atoms with E-state index in [1.54, 1.807) is 12.6 Å². The molecule has 1 aromatic heterocycles. The molecule has 0 aliphatic rings. The first-order valence-corrected chi connectivity index (χ1v) is 8.26. The molecule has 1 heterocycles. The number of ether oxygens (including phenoxy) is 1. The lowest BCUT2D eigenvalue weighted by Crippen LogP contribution is -2.41. The fourth-order valence-corrected chi connectivity index (χ4v) is 2.42. The summed E-state index contributed by atoms with van der Waals surface area (Å²) in [7, 11) is 1.68. The fraction of sp³-hybridized carbons (Fsp3) is 0.643. The average Bonchev–Trinajstić information content (AvgIpc) is 2.93. The minimum atomic E-state index is -0.0798. The molecule has 0 saturated carbocycles. The molecule has 0 bridgehead atoms. The largest absolute Gasteiger partial charge is 0.385 e. The van der Waals surface area contributed by atoms with E-state index in [0.29, 0.717) is 31.1 Å². The number of carbonyl (C=O) groups is 1. The molecule has 0 saturated heterocycles. The second-order valence-corrected chi connectivity index (χ2v) is 5.41. The van der Waals surface area contributed by atoms with E-state index in [1.807, 2.05) is 13.8 Å². The molecule has 7 nitrogen and oxygen atoms in total. The molecule has 3 N–H and O–H groups in total. The highest BCUT2D eigenvalue weighted by Crippen LogP contribution is 2.10. The van der Waals surface area contributed by atoms with Gasteiger partial charge in [-0.15, -0.1) is 11.3 Å². The standard InChI is InChI=1S/C14H25N5O2S/c1-4-15-14(17-6-5-9-21-3)18-8-7-16-13(20)12-11(2)19-10-22-12/h10H,4-9H2,1-3H3,(H,16,20)(H2,15,17,18). The van der Waals surface area contributed by atoms with Gasteiger partial charge in [0.25, 0.3) is 5.91 Å². The van der Waals surface area contributed by atoms with Gasteiger partial charge in [0.05, 0.1) is 11.2 Å². The second-order valence-electron chi connectivity index (χ2n) is 4.56. The summed E-state index contributed by atoms with van der Waals surface area (Å²) in [5.41, 5.74) is 2.45. The highest BCUT2D eigenvalue weighted by Gasteiger charge is 2.10. The van der Waals surface area contributed by atoms with E-state index >= 15 is 0 Å².